The van der Waals surface area contributed by atoms with Crippen LogP contribution in [0.2, 0.25) is 0 Å². The van der Waals surface area contributed by atoms with Crippen molar-refractivity contribution >= 4 is 23.5 Å². The van der Waals surface area contributed by atoms with E-state index in [4.69, 9.17) is 11.5 Å². The number of alkyl halides is 2. The van der Waals surface area contributed by atoms with Gasteiger partial charge in [-0.15, -0.1) is 0 Å². The van der Waals surface area contributed by atoms with Crippen molar-refractivity contribution in [3.05, 3.63) is 59.2 Å². The SMILES string of the molecule is NC(=O)c1cccc(C=Nc2ccc(C3CNCCC3(F)F)cc2)c1N. The van der Waals surface area contributed by atoms with Crippen molar-refractivity contribution in [3.63, 3.8) is 0 Å². The number of carbonyl (C=O) groups is 1. The monoisotopic (exact) mass is 358 g/mol. The smallest absolute Gasteiger partial charge is 0.257 e. The Kier molecular flexibility index (Phi) is 4.99. The molecule has 7 heteroatoms. The maximum Gasteiger partial charge on any atom is 0.257 e. The van der Waals surface area contributed by atoms with Crippen LogP contribution in [0.15, 0.2) is 47.5 Å². The number of hydrogen-bond acceptors (Lipinski definition) is 4. The third-order valence-electron chi connectivity index (χ3n) is 4.55. The van der Waals surface area contributed by atoms with Crippen LogP contribution in [0.3, 0.4) is 0 Å². The van der Waals surface area contributed by atoms with Crippen molar-refractivity contribution in [3.8, 4) is 0 Å². The highest BCUT2D eigenvalue weighted by Crippen LogP contribution is 2.38. The van der Waals surface area contributed by atoms with E-state index in [1.807, 2.05) is 0 Å². The van der Waals surface area contributed by atoms with Crippen molar-refractivity contribution in [2.24, 2.45) is 10.7 Å². The van der Waals surface area contributed by atoms with Crippen LogP contribution >= 0.6 is 0 Å². The summed E-state index contributed by atoms with van der Waals surface area (Å²) in [7, 11) is 0. The van der Waals surface area contributed by atoms with Crippen LogP contribution in [0, 0.1) is 0 Å². The number of nitrogens with zero attached hydrogens (tertiary/aromatic N) is 1. The molecule has 0 bridgehead atoms. The zero-order valence-electron chi connectivity index (χ0n) is 14.1. The van der Waals surface area contributed by atoms with Crippen LogP contribution in [0.5, 0.6) is 0 Å². The summed E-state index contributed by atoms with van der Waals surface area (Å²) in [5.41, 5.74) is 13.4. The predicted octanol–water partition coefficient (Wildman–Crippen LogP) is 2.83. The molecule has 0 saturated carbocycles. The molecule has 3 rings (SSSR count). The van der Waals surface area contributed by atoms with Gasteiger partial charge in [0.25, 0.3) is 11.8 Å². The lowest BCUT2D eigenvalue weighted by molar-refractivity contribution is -0.0479. The minimum Gasteiger partial charge on any atom is -0.398 e. The molecule has 1 unspecified atom stereocenters. The number of nitrogens with two attached hydrogens (primary N) is 2. The first-order valence-electron chi connectivity index (χ1n) is 8.29. The number of rotatable bonds is 4. The standard InChI is InChI=1S/C19H20F2N4O/c20-19(21)8-9-24-11-16(19)12-4-6-14(7-5-12)25-10-13-2-1-3-15(17(13)22)18(23)26/h1-7,10,16,24H,8-9,11,22H2,(H2,23,26). The van der Waals surface area contributed by atoms with Crippen LogP contribution in [0.4, 0.5) is 20.2 Å². The number of halogens is 2. The average molecular weight is 358 g/mol. The van der Waals surface area contributed by atoms with Gasteiger partial charge in [-0.1, -0.05) is 24.3 Å². The summed E-state index contributed by atoms with van der Waals surface area (Å²) < 4.78 is 28.1. The summed E-state index contributed by atoms with van der Waals surface area (Å²) in [5.74, 6) is -4.15. The molecule has 0 aromatic heterocycles. The van der Waals surface area contributed by atoms with E-state index in [-0.39, 0.29) is 24.2 Å². The Morgan fingerprint density at radius 2 is 1.96 bits per heavy atom. The van der Waals surface area contributed by atoms with Gasteiger partial charge in [-0.05, 0) is 23.8 Å². The van der Waals surface area contributed by atoms with Crippen LogP contribution in [0.1, 0.15) is 33.8 Å². The molecule has 0 aliphatic carbocycles. The van der Waals surface area contributed by atoms with Gasteiger partial charge >= 0.3 is 0 Å². The maximum absolute atomic E-state index is 14.1. The van der Waals surface area contributed by atoms with Gasteiger partial charge < -0.3 is 16.8 Å². The predicted molar refractivity (Wildman–Crippen MR) is 98.2 cm³/mol. The second-order valence-corrected chi connectivity index (χ2v) is 6.29. The molecule has 1 amide bonds. The van der Waals surface area contributed by atoms with E-state index in [0.29, 0.717) is 23.4 Å². The molecule has 26 heavy (non-hydrogen) atoms. The molecule has 1 atom stereocenters. The highest BCUT2D eigenvalue weighted by atomic mass is 19.3. The fraction of sp³-hybridized carbons (Fsp3) is 0.263. The van der Waals surface area contributed by atoms with Gasteiger partial charge in [0.15, 0.2) is 0 Å². The van der Waals surface area contributed by atoms with Crippen LogP contribution in [-0.2, 0) is 0 Å². The second-order valence-electron chi connectivity index (χ2n) is 6.29. The lowest BCUT2D eigenvalue weighted by atomic mass is 9.88. The number of nitrogens with one attached hydrogen (secondary N) is 1. The summed E-state index contributed by atoms with van der Waals surface area (Å²) >= 11 is 0. The lowest BCUT2D eigenvalue weighted by Gasteiger charge is -2.32. The molecule has 2 aromatic rings. The Balaban J connectivity index is 1.79. The molecule has 2 aromatic carbocycles. The molecule has 1 fully saturated rings. The molecule has 0 spiro atoms. The van der Waals surface area contributed by atoms with Crippen molar-refractivity contribution in [1.29, 1.82) is 0 Å². The first-order valence-corrected chi connectivity index (χ1v) is 8.29. The fourth-order valence-corrected chi connectivity index (χ4v) is 3.03. The molecule has 136 valence electrons. The van der Waals surface area contributed by atoms with Crippen LogP contribution in [-0.4, -0.2) is 31.1 Å². The summed E-state index contributed by atoms with van der Waals surface area (Å²) in [4.78, 5) is 15.6. The summed E-state index contributed by atoms with van der Waals surface area (Å²) in [5, 5.41) is 3.01. The number of anilines is 1. The summed E-state index contributed by atoms with van der Waals surface area (Å²) in [6, 6.07) is 11.6. The van der Waals surface area contributed by atoms with Crippen molar-refractivity contribution in [2.45, 2.75) is 18.3 Å². The second kappa shape index (κ2) is 7.21. The Labute approximate surface area is 150 Å². The highest BCUT2D eigenvalue weighted by Gasteiger charge is 2.42. The fourth-order valence-electron chi connectivity index (χ4n) is 3.03. The van der Waals surface area contributed by atoms with E-state index in [2.05, 4.69) is 10.3 Å². The Hall–Kier alpha value is -2.80. The van der Waals surface area contributed by atoms with E-state index in [1.54, 1.807) is 42.5 Å². The minimum absolute atomic E-state index is 0.160. The number of primary amides is 1. The molecule has 5 N–H and O–H groups in total. The molecular formula is C19H20F2N4O. The van der Waals surface area contributed by atoms with E-state index in [1.165, 1.54) is 6.21 Å². The number of nitrogen functional groups attached to an aromatic ring is 1. The molecule has 0 radical (unpaired) electrons. The number of hydrogen-bond donors (Lipinski definition) is 3. The zero-order valence-corrected chi connectivity index (χ0v) is 14.1. The number of benzene rings is 2. The van der Waals surface area contributed by atoms with Gasteiger partial charge in [0.1, 0.15) is 0 Å². The Morgan fingerprint density at radius 3 is 2.62 bits per heavy atom. The highest BCUT2D eigenvalue weighted by molar-refractivity contribution is 6.02. The van der Waals surface area contributed by atoms with Crippen molar-refractivity contribution < 1.29 is 13.6 Å². The first kappa shape index (κ1) is 18.0. The zero-order chi connectivity index (χ0) is 18.7. The number of aliphatic imine (C=N–C) groups is 1. The molecule has 5 nitrogen and oxygen atoms in total. The number of para-hydroxylation sites is 1. The molecule has 1 saturated heterocycles. The third kappa shape index (κ3) is 3.72. The van der Waals surface area contributed by atoms with Gasteiger partial charge in [0, 0.05) is 31.3 Å². The Morgan fingerprint density at radius 1 is 1.23 bits per heavy atom. The minimum atomic E-state index is -2.71. The Bertz CT molecular complexity index is 834. The normalized spacial score (nSPS) is 19.5. The number of carbonyl (C=O) groups excluding carboxylic acids is 1. The number of amides is 1. The molecule has 1 heterocycles. The molecular weight excluding hydrogens is 338 g/mol. The van der Waals surface area contributed by atoms with E-state index >= 15 is 0 Å². The average Bonchev–Trinajstić information content (AvgIpc) is 2.61. The summed E-state index contributed by atoms with van der Waals surface area (Å²) in [6.45, 7) is 0.587. The first-order chi connectivity index (χ1) is 12.4. The quantitative estimate of drug-likeness (QED) is 0.579. The van der Waals surface area contributed by atoms with Gasteiger partial charge in [-0.2, -0.15) is 0 Å². The molecule has 1 aliphatic rings. The third-order valence-corrected chi connectivity index (χ3v) is 4.55. The van der Waals surface area contributed by atoms with Crippen molar-refractivity contribution in [2.75, 3.05) is 18.8 Å². The summed E-state index contributed by atoms with van der Waals surface area (Å²) in [6.07, 6.45) is 1.36. The maximum atomic E-state index is 14.1. The van der Waals surface area contributed by atoms with E-state index < -0.39 is 17.7 Å². The number of piperidine rings is 1. The molecule has 1 aliphatic heterocycles. The van der Waals surface area contributed by atoms with Gasteiger partial charge in [0.2, 0.25) is 0 Å². The van der Waals surface area contributed by atoms with Gasteiger partial charge in [-0.3, -0.25) is 9.79 Å². The van der Waals surface area contributed by atoms with E-state index in [0.717, 1.165) is 0 Å². The van der Waals surface area contributed by atoms with Crippen LogP contribution in [0.25, 0.3) is 0 Å². The lowest BCUT2D eigenvalue weighted by Crippen LogP contribution is -2.42. The van der Waals surface area contributed by atoms with E-state index in [9.17, 15) is 13.6 Å². The van der Waals surface area contributed by atoms with Crippen molar-refractivity contribution in [1.82, 2.24) is 5.32 Å². The van der Waals surface area contributed by atoms with Crippen LogP contribution < -0.4 is 16.8 Å². The van der Waals surface area contributed by atoms with Gasteiger partial charge in [-0.25, -0.2) is 8.78 Å². The largest absolute Gasteiger partial charge is 0.398 e. The topological polar surface area (TPSA) is 93.5 Å². The van der Waals surface area contributed by atoms with Gasteiger partial charge in [0.05, 0.1) is 22.9 Å².